The molecule has 2 N–H and O–H groups in total. The molecular formula is C21H19FN4O2. The molecule has 1 aromatic heterocycles. The summed E-state index contributed by atoms with van der Waals surface area (Å²) in [6.45, 7) is 2.02. The minimum Gasteiger partial charge on any atom is -0.326 e. The van der Waals surface area contributed by atoms with E-state index < -0.39 is 6.04 Å². The molecular weight excluding hydrogens is 359 g/mol. The number of hydrogen-bond acceptors (Lipinski definition) is 3. The second-order valence-electron chi connectivity index (χ2n) is 6.63. The van der Waals surface area contributed by atoms with Crippen LogP contribution in [0.15, 0.2) is 54.7 Å². The number of fused-ring (bicyclic) bond motifs is 1. The van der Waals surface area contributed by atoms with Crippen LogP contribution in [0.2, 0.25) is 0 Å². The van der Waals surface area contributed by atoms with Gasteiger partial charge < -0.3 is 10.6 Å². The molecule has 2 aromatic carbocycles. The smallest absolute Gasteiger partial charge is 0.251 e. The number of nitrogens with one attached hydrogen (secondary N) is 2. The van der Waals surface area contributed by atoms with Gasteiger partial charge in [0.2, 0.25) is 5.91 Å². The first-order valence-corrected chi connectivity index (χ1v) is 9.09. The average molecular weight is 378 g/mol. The van der Waals surface area contributed by atoms with Gasteiger partial charge in [-0.25, -0.2) is 9.07 Å². The third-order valence-corrected chi connectivity index (χ3v) is 4.84. The molecule has 0 radical (unpaired) electrons. The van der Waals surface area contributed by atoms with Gasteiger partial charge in [-0.1, -0.05) is 37.3 Å². The number of aromatic nitrogens is 2. The molecule has 142 valence electrons. The van der Waals surface area contributed by atoms with Crippen molar-refractivity contribution >= 4 is 23.3 Å². The van der Waals surface area contributed by atoms with Gasteiger partial charge in [-0.2, -0.15) is 5.10 Å². The van der Waals surface area contributed by atoms with Crippen LogP contribution in [0.4, 0.5) is 15.9 Å². The molecule has 7 heteroatoms. The average Bonchev–Trinajstić information content (AvgIpc) is 3.22. The summed E-state index contributed by atoms with van der Waals surface area (Å²) in [6.07, 6.45) is 2.38. The lowest BCUT2D eigenvalue weighted by Gasteiger charge is -2.12. The Morgan fingerprint density at radius 3 is 2.71 bits per heavy atom. The van der Waals surface area contributed by atoms with Crippen molar-refractivity contribution in [3.05, 3.63) is 66.1 Å². The molecule has 0 bridgehead atoms. The maximum absolute atomic E-state index is 13.2. The van der Waals surface area contributed by atoms with E-state index in [2.05, 4.69) is 15.7 Å². The number of carbonyl (C=O) groups excluding carboxylic acids is 2. The minimum atomic E-state index is -0.724. The van der Waals surface area contributed by atoms with Crippen molar-refractivity contribution in [3.63, 3.8) is 0 Å². The van der Waals surface area contributed by atoms with E-state index in [1.54, 1.807) is 18.3 Å². The van der Waals surface area contributed by atoms with Gasteiger partial charge in [0.05, 0.1) is 12.6 Å². The highest BCUT2D eigenvalue weighted by Gasteiger charge is 2.35. The maximum atomic E-state index is 13.2. The maximum Gasteiger partial charge on any atom is 0.251 e. The van der Waals surface area contributed by atoms with Crippen LogP contribution in [0.3, 0.4) is 0 Å². The number of hydrogen-bond donors (Lipinski definition) is 2. The quantitative estimate of drug-likeness (QED) is 0.710. The van der Waals surface area contributed by atoms with Crippen LogP contribution in [0.1, 0.15) is 24.9 Å². The Kier molecular flexibility index (Phi) is 4.65. The number of para-hydroxylation sites is 1. The van der Waals surface area contributed by atoms with Gasteiger partial charge in [0.25, 0.3) is 5.91 Å². The topological polar surface area (TPSA) is 76.0 Å². The van der Waals surface area contributed by atoms with Crippen molar-refractivity contribution < 1.29 is 14.0 Å². The third kappa shape index (κ3) is 3.26. The number of benzene rings is 2. The number of rotatable bonds is 5. The van der Waals surface area contributed by atoms with Gasteiger partial charge in [0.15, 0.2) is 0 Å². The van der Waals surface area contributed by atoms with Crippen LogP contribution in [0.25, 0.3) is 11.1 Å². The van der Waals surface area contributed by atoms with Crippen LogP contribution in [-0.2, 0) is 16.0 Å². The zero-order chi connectivity index (χ0) is 19.7. The molecule has 2 heterocycles. The van der Waals surface area contributed by atoms with E-state index in [0.29, 0.717) is 11.4 Å². The normalized spacial score (nSPS) is 15.2. The van der Waals surface area contributed by atoms with Gasteiger partial charge in [-0.15, -0.1) is 0 Å². The van der Waals surface area contributed by atoms with Crippen molar-refractivity contribution in [2.75, 3.05) is 10.6 Å². The third-order valence-electron chi connectivity index (χ3n) is 4.84. The number of halogens is 1. The van der Waals surface area contributed by atoms with Gasteiger partial charge in [0.1, 0.15) is 17.7 Å². The predicted molar refractivity (Wildman–Crippen MR) is 104 cm³/mol. The van der Waals surface area contributed by atoms with E-state index in [1.165, 1.54) is 16.8 Å². The van der Waals surface area contributed by atoms with Crippen LogP contribution in [-0.4, -0.2) is 21.6 Å². The first-order chi connectivity index (χ1) is 13.6. The molecule has 1 unspecified atom stereocenters. The van der Waals surface area contributed by atoms with Crippen LogP contribution < -0.4 is 10.6 Å². The fraction of sp³-hybridized carbons (Fsp3) is 0.190. The van der Waals surface area contributed by atoms with E-state index in [9.17, 15) is 14.0 Å². The summed E-state index contributed by atoms with van der Waals surface area (Å²) >= 11 is 0. The van der Waals surface area contributed by atoms with Gasteiger partial charge in [-0.05, 0) is 35.7 Å². The first kappa shape index (κ1) is 17.9. The zero-order valence-corrected chi connectivity index (χ0v) is 15.3. The Bertz CT molecular complexity index is 1040. The summed E-state index contributed by atoms with van der Waals surface area (Å²) in [5.41, 5.74) is 3.21. The summed E-state index contributed by atoms with van der Waals surface area (Å²) in [4.78, 5) is 25.0. The molecule has 4 rings (SSSR count). The highest BCUT2D eigenvalue weighted by Crippen LogP contribution is 2.35. The Morgan fingerprint density at radius 1 is 1.21 bits per heavy atom. The summed E-state index contributed by atoms with van der Waals surface area (Å²) < 4.78 is 14.7. The molecule has 28 heavy (non-hydrogen) atoms. The van der Waals surface area contributed by atoms with Crippen molar-refractivity contribution in [3.8, 4) is 11.1 Å². The Labute approximate surface area is 161 Å². The summed E-state index contributed by atoms with van der Waals surface area (Å²) in [5.74, 6) is -0.361. The van der Waals surface area contributed by atoms with Gasteiger partial charge >= 0.3 is 0 Å². The SMILES string of the molecule is CCc1ccccc1NC(=O)CC1C(=O)Nc2c(-c3ccc(F)cc3)cnn21. The highest BCUT2D eigenvalue weighted by molar-refractivity contribution is 6.04. The van der Waals surface area contributed by atoms with Crippen LogP contribution in [0.5, 0.6) is 0 Å². The molecule has 1 aliphatic rings. The van der Waals surface area contributed by atoms with Crippen molar-refractivity contribution in [2.45, 2.75) is 25.8 Å². The molecule has 1 aliphatic heterocycles. The fourth-order valence-corrected chi connectivity index (χ4v) is 3.38. The summed E-state index contributed by atoms with van der Waals surface area (Å²) in [6, 6.07) is 12.8. The Hall–Kier alpha value is -3.48. The fourth-order valence-electron chi connectivity index (χ4n) is 3.38. The summed E-state index contributed by atoms with van der Waals surface area (Å²) in [5, 5.41) is 9.95. The monoisotopic (exact) mass is 378 g/mol. The lowest BCUT2D eigenvalue weighted by Crippen LogP contribution is -2.23. The Balaban J connectivity index is 1.54. The van der Waals surface area contributed by atoms with Gasteiger partial charge in [-0.3, -0.25) is 9.59 Å². The molecule has 0 aliphatic carbocycles. The minimum absolute atomic E-state index is 0.0264. The van der Waals surface area contributed by atoms with E-state index >= 15 is 0 Å². The number of carbonyl (C=O) groups is 2. The molecule has 0 spiro atoms. The number of nitrogens with zero attached hydrogens (tertiary/aromatic N) is 2. The zero-order valence-electron chi connectivity index (χ0n) is 15.3. The molecule has 6 nitrogen and oxygen atoms in total. The summed E-state index contributed by atoms with van der Waals surface area (Å²) in [7, 11) is 0. The van der Waals surface area contributed by atoms with E-state index in [0.717, 1.165) is 23.2 Å². The van der Waals surface area contributed by atoms with Crippen LogP contribution in [0, 0.1) is 5.82 Å². The predicted octanol–water partition coefficient (Wildman–Crippen LogP) is 3.77. The first-order valence-electron chi connectivity index (χ1n) is 9.09. The molecule has 0 saturated heterocycles. The van der Waals surface area contributed by atoms with Gasteiger partial charge in [0, 0.05) is 11.3 Å². The lowest BCUT2D eigenvalue weighted by atomic mass is 10.1. The highest BCUT2D eigenvalue weighted by atomic mass is 19.1. The molecule has 0 saturated carbocycles. The molecule has 3 aromatic rings. The Morgan fingerprint density at radius 2 is 1.96 bits per heavy atom. The van der Waals surface area contributed by atoms with E-state index in [4.69, 9.17) is 0 Å². The molecule has 1 atom stereocenters. The molecule has 0 fully saturated rings. The second kappa shape index (κ2) is 7.26. The molecule has 2 amide bonds. The van der Waals surface area contributed by atoms with E-state index in [1.807, 2.05) is 31.2 Å². The lowest BCUT2D eigenvalue weighted by molar-refractivity contribution is -0.123. The number of anilines is 2. The van der Waals surface area contributed by atoms with Crippen molar-refractivity contribution in [2.24, 2.45) is 0 Å². The van der Waals surface area contributed by atoms with E-state index in [-0.39, 0.29) is 24.1 Å². The number of aryl methyl sites for hydroxylation is 1. The van der Waals surface area contributed by atoms with Crippen molar-refractivity contribution in [1.29, 1.82) is 0 Å². The number of amides is 2. The van der Waals surface area contributed by atoms with Crippen LogP contribution >= 0.6 is 0 Å². The van der Waals surface area contributed by atoms with Crippen molar-refractivity contribution in [1.82, 2.24) is 9.78 Å². The second-order valence-corrected chi connectivity index (χ2v) is 6.63. The standard InChI is InChI=1S/C21H19FN4O2/c1-2-13-5-3-4-6-17(13)24-19(27)11-18-21(28)25-20-16(12-23-26(18)20)14-7-9-15(22)10-8-14/h3-10,12,18H,2,11H2,1H3,(H,24,27)(H,25,28). The largest absolute Gasteiger partial charge is 0.326 e.